The zero-order valence-corrected chi connectivity index (χ0v) is 12.3. The normalized spacial score (nSPS) is 16.2. The maximum absolute atomic E-state index is 11.9. The number of amides is 1. The van der Waals surface area contributed by atoms with Crippen molar-refractivity contribution in [3.05, 3.63) is 17.2 Å². The Bertz CT molecular complexity index is 502. The molecule has 0 atom stereocenters. The second-order valence-corrected chi connectivity index (χ2v) is 6.37. The number of thiazole rings is 1. The Balaban J connectivity index is 1.98. The molecule has 6 heteroatoms. The molecule has 0 bridgehead atoms. The molecule has 0 aromatic carbocycles. The lowest BCUT2D eigenvalue weighted by molar-refractivity contribution is 0.0270. The number of nitrogens with two attached hydrogens (primary N) is 1. The molecule has 2 rings (SSSR count). The lowest BCUT2D eigenvalue weighted by Gasteiger charge is -2.29. The second kappa shape index (κ2) is 5.21. The highest BCUT2D eigenvalue weighted by Crippen LogP contribution is 2.25. The molecule has 1 aliphatic heterocycles. The van der Waals surface area contributed by atoms with Crippen molar-refractivity contribution in [3.63, 3.8) is 0 Å². The van der Waals surface area contributed by atoms with Crippen LogP contribution in [0.25, 0.3) is 5.57 Å². The molecule has 0 fully saturated rings. The van der Waals surface area contributed by atoms with E-state index in [2.05, 4.69) is 4.98 Å². The average molecular weight is 281 g/mol. The summed E-state index contributed by atoms with van der Waals surface area (Å²) in [6, 6.07) is 0. The minimum Gasteiger partial charge on any atom is -0.444 e. The summed E-state index contributed by atoms with van der Waals surface area (Å²) in [5.74, 6) is 0. The molecule has 0 saturated heterocycles. The lowest BCUT2D eigenvalue weighted by atomic mass is 10.1. The topological polar surface area (TPSA) is 68.5 Å². The molecule has 1 aromatic heterocycles. The maximum Gasteiger partial charge on any atom is 0.410 e. The Kier molecular flexibility index (Phi) is 3.80. The fourth-order valence-corrected chi connectivity index (χ4v) is 2.42. The summed E-state index contributed by atoms with van der Waals surface area (Å²) in [7, 11) is 0. The van der Waals surface area contributed by atoms with Crippen molar-refractivity contribution in [2.75, 3.05) is 18.8 Å². The Morgan fingerprint density at radius 3 is 2.74 bits per heavy atom. The average Bonchev–Trinajstić information content (AvgIpc) is 2.74. The van der Waals surface area contributed by atoms with E-state index in [0.29, 0.717) is 18.2 Å². The summed E-state index contributed by atoms with van der Waals surface area (Å²) < 4.78 is 5.35. The number of ether oxygens (including phenoxy) is 1. The van der Waals surface area contributed by atoms with E-state index in [0.717, 1.165) is 17.7 Å². The number of hydrogen-bond acceptors (Lipinski definition) is 5. The first-order valence-corrected chi connectivity index (χ1v) is 7.11. The largest absolute Gasteiger partial charge is 0.444 e. The van der Waals surface area contributed by atoms with Gasteiger partial charge < -0.3 is 15.4 Å². The highest BCUT2D eigenvalue weighted by atomic mass is 32.1. The second-order valence-electron chi connectivity index (χ2n) is 5.48. The van der Waals surface area contributed by atoms with E-state index >= 15 is 0 Å². The van der Waals surface area contributed by atoms with E-state index in [1.165, 1.54) is 11.3 Å². The number of carbonyl (C=O) groups is 1. The molecule has 2 N–H and O–H groups in total. The van der Waals surface area contributed by atoms with Crippen LogP contribution in [0.1, 0.15) is 32.9 Å². The number of nitrogen functional groups attached to an aromatic ring is 1. The van der Waals surface area contributed by atoms with Gasteiger partial charge in [0.05, 0.1) is 5.69 Å². The summed E-state index contributed by atoms with van der Waals surface area (Å²) in [4.78, 5) is 17.9. The van der Waals surface area contributed by atoms with Crippen LogP contribution >= 0.6 is 11.3 Å². The van der Waals surface area contributed by atoms with Gasteiger partial charge in [0.1, 0.15) is 5.60 Å². The van der Waals surface area contributed by atoms with Crippen LogP contribution in [-0.2, 0) is 4.74 Å². The van der Waals surface area contributed by atoms with Gasteiger partial charge in [-0.25, -0.2) is 9.78 Å². The SMILES string of the molecule is CC(C)(C)OC(=O)N1CC=C(c2csc(N)n2)CC1. The molecular weight excluding hydrogens is 262 g/mol. The van der Waals surface area contributed by atoms with Crippen LogP contribution in [0.15, 0.2) is 11.5 Å². The van der Waals surface area contributed by atoms with Crippen molar-refractivity contribution in [2.24, 2.45) is 0 Å². The monoisotopic (exact) mass is 281 g/mol. The molecule has 1 aliphatic rings. The fourth-order valence-electron chi connectivity index (χ4n) is 1.83. The maximum atomic E-state index is 11.9. The minimum absolute atomic E-state index is 0.263. The van der Waals surface area contributed by atoms with Crippen LogP contribution in [0, 0.1) is 0 Å². The molecule has 2 heterocycles. The number of hydrogen-bond donors (Lipinski definition) is 1. The molecule has 104 valence electrons. The zero-order valence-electron chi connectivity index (χ0n) is 11.5. The molecular formula is C13H19N3O2S. The van der Waals surface area contributed by atoms with Crippen LogP contribution in [0.4, 0.5) is 9.93 Å². The summed E-state index contributed by atoms with van der Waals surface area (Å²) in [6.45, 7) is 6.82. The van der Waals surface area contributed by atoms with Crippen molar-refractivity contribution in [1.29, 1.82) is 0 Å². The number of rotatable bonds is 1. The van der Waals surface area contributed by atoms with Gasteiger partial charge in [-0.05, 0) is 32.8 Å². The Labute approximate surface area is 117 Å². The summed E-state index contributed by atoms with van der Waals surface area (Å²) in [5.41, 5.74) is 7.24. The Morgan fingerprint density at radius 1 is 1.53 bits per heavy atom. The lowest BCUT2D eigenvalue weighted by Crippen LogP contribution is -2.39. The first-order chi connectivity index (χ1) is 8.85. The van der Waals surface area contributed by atoms with E-state index in [-0.39, 0.29) is 6.09 Å². The minimum atomic E-state index is -0.454. The van der Waals surface area contributed by atoms with Crippen LogP contribution in [0.2, 0.25) is 0 Å². The predicted octanol–water partition coefficient (Wildman–Crippen LogP) is 2.75. The fraction of sp³-hybridized carbons (Fsp3) is 0.538. The van der Waals surface area contributed by atoms with Gasteiger partial charge >= 0.3 is 6.09 Å². The Hall–Kier alpha value is -1.56. The van der Waals surface area contributed by atoms with Crippen molar-refractivity contribution in [2.45, 2.75) is 32.8 Å². The van der Waals surface area contributed by atoms with Gasteiger partial charge in [0.15, 0.2) is 5.13 Å². The molecule has 5 nitrogen and oxygen atoms in total. The van der Waals surface area contributed by atoms with Gasteiger partial charge in [0, 0.05) is 18.5 Å². The van der Waals surface area contributed by atoms with E-state index < -0.39 is 5.60 Å². The highest BCUT2D eigenvalue weighted by Gasteiger charge is 2.24. The highest BCUT2D eigenvalue weighted by molar-refractivity contribution is 7.13. The van der Waals surface area contributed by atoms with Crippen molar-refractivity contribution in [3.8, 4) is 0 Å². The molecule has 0 saturated carbocycles. The molecule has 1 aromatic rings. The number of carbonyl (C=O) groups excluding carboxylic acids is 1. The number of anilines is 1. The van der Waals surface area contributed by atoms with Gasteiger partial charge in [-0.2, -0.15) is 0 Å². The molecule has 0 spiro atoms. The van der Waals surface area contributed by atoms with Crippen molar-refractivity contribution < 1.29 is 9.53 Å². The van der Waals surface area contributed by atoms with E-state index in [1.54, 1.807) is 4.90 Å². The smallest absolute Gasteiger partial charge is 0.410 e. The number of nitrogens with zero attached hydrogens (tertiary/aromatic N) is 2. The zero-order chi connectivity index (χ0) is 14.0. The van der Waals surface area contributed by atoms with Crippen LogP contribution in [0.5, 0.6) is 0 Å². The van der Waals surface area contributed by atoms with Gasteiger partial charge in [-0.1, -0.05) is 6.08 Å². The van der Waals surface area contributed by atoms with Crippen molar-refractivity contribution in [1.82, 2.24) is 9.88 Å². The third kappa shape index (κ3) is 3.70. The number of aromatic nitrogens is 1. The summed E-state index contributed by atoms with van der Waals surface area (Å²) in [6.07, 6.45) is 2.53. The van der Waals surface area contributed by atoms with Gasteiger partial charge in [0.25, 0.3) is 0 Å². The first kappa shape index (κ1) is 13.9. The van der Waals surface area contributed by atoms with Gasteiger partial charge in [-0.15, -0.1) is 11.3 Å². The third-order valence-corrected chi connectivity index (χ3v) is 3.39. The quantitative estimate of drug-likeness (QED) is 0.859. The third-order valence-electron chi connectivity index (χ3n) is 2.71. The van der Waals surface area contributed by atoms with Gasteiger partial charge in [0.2, 0.25) is 0 Å². The molecule has 0 aliphatic carbocycles. The molecule has 19 heavy (non-hydrogen) atoms. The van der Waals surface area contributed by atoms with Crippen LogP contribution < -0.4 is 5.73 Å². The predicted molar refractivity (Wildman–Crippen MR) is 76.9 cm³/mol. The van der Waals surface area contributed by atoms with E-state index in [9.17, 15) is 4.79 Å². The molecule has 0 radical (unpaired) electrons. The van der Waals surface area contributed by atoms with Gasteiger partial charge in [-0.3, -0.25) is 0 Å². The summed E-state index contributed by atoms with van der Waals surface area (Å²) >= 11 is 1.43. The van der Waals surface area contributed by atoms with Crippen molar-refractivity contribution >= 4 is 28.1 Å². The van der Waals surface area contributed by atoms with E-state index in [4.69, 9.17) is 10.5 Å². The molecule has 0 unspecified atom stereocenters. The van der Waals surface area contributed by atoms with Crippen LogP contribution in [-0.4, -0.2) is 34.7 Å². The first-order valence-electron chi connectivity index (χ1n) is 6.23. The summed E-state index contributed by atoms with van der Waals surface area (Å²) in [5, 5.41) is 2.52. The van der Waals surface area contributed by atoms with Crippen LogP contribution in [0.3, 0.4) is 0 Å². The van der Waals surface area contributed by atoms with E-state index in [1.807, 2.05) is 32.2 Å². The molecule has 1 amide bonds. The standard InChI is InChI=1S/C13H19N3O2S/c1-13(2,3)18-12(17)16-6-4-9(5-7-16)10-8-19-11(14)15-10/h4,8H,5-7H2,1-3H3,(H2,14,15). The Morgan fingerprint density at radius 2 is 2.26 bits per heavy atom.